The van der Waals surface area contributed by atoms with Gasteiger partial charge in [-0.2, -0.15) is 0 Å². The second kappa shape index (κ2) is 3.14. The quantitative estimate of drug-likeness (QED) is 0.819. The summed E-state index contributed by atoms with van der Waals surface area (Å²) < 4.78 is 0. The molecule has 0 aromatic heterocycles. The summed E-state index contributed by atoms with van der Waals surface area (Å²) >= 11 is 0. The van der Waals surface area contributed by atoms with E-state index in [4.69, 9.17) is 0 Å². The van der Waals surface area contributed by atoms with Crippen LogP contribution in [0.15, 0.2) is 18.2 Å². The van der Waals surface area contributed by atoms with E-state index in [2.05, 4.69) is 30.4 Å². The third kappa shape index (κ3) is 1.41. The van der Waals surface area contributed by atoms with Gasteiger partial charge in [0.2, 0.25) is 0 Å². The predicted octanol–water partition coefficient (Wildman–Crippen LogP) is 3.07. The molecule has 2 bridgehead atoms. The number of nitrogens with one attached hydrogen (secondary N) is 1. The van der Waals surface area contributed by atoms with E-state index >= 15 is 0 Å². The number of benzene rings is 1. The molecular formula is C16H21N. The molecule has 0 amide bonds. The molecule has 0 unspecified atom stereocenters. The average molecular weight is 227 g/mol. The van der Waals surface area contributed by atoms with Gasteiger partial charge in [-0.1, -0.05) is 25.1 Å². The fourth-order valence-corrected chi connectivity index (χ4v) is 4.93. The van der Waals surface area contributed by atoms with Crippen LogP contribution >= 0.6 is 0 Å². The maximum absolute atomic E-state index is 3.47. The minimum absolute atomic E-state index is 0.717. The van der Waals surface area contributed by atoms with E-state index in [1.807, 2.05) is 0 Å². The van der Waals surface area contributed by atoms with Gasteiger partial charge < -0.3 is 5.32 Å². The monoisotopic (exact) mass is 227 g/mol. The van der Waals surface area contributed by atoms with Crippen LogP contribution < -0.4 is 5.32 Å². The highest BCUT2D eigenvalue weighted by molar-refractivity contribution is 5.39. The molecule has 3 saturated carbocycles. The molecule has 0 atom stereocenters. The molecule has 90 valence electrons. The first-order valence-electron chi connectivity index (χ1n) is 6.99. The molecule has 5 rings (SSSR count). The van der Waals surface area contributed by atoms with Gasteiger partial charge in [-0.25, -0.2) is 0 Å². The third-order valence-electron chi connectivity index (χ3n) is 5.21. The van der Waals surface area contributed by atoms with Gasteiger partial charge in [0.05, 0.1) is 0 Å². The highest BCUT2D eigenvalue weighted by atomic mass is 14.9. The van der Waals surface area contributed by atoms with Crippen LogP contribution in [0.25, 0.3) is 0 Å². The predicted molar refractivity (Wildman–Crippen MR) is 69.9 cm³/mol. The van der Waals surface area contributed by atoms with Crippen LogP contribution in [0.2, 0.25) is 0 Å². The number of hydrogen-bond donors (Lipinski definition) is 1. The van der Waals surface area contributed by atoms with Crippen molar-refractivity contribution < 1.29 is 0 Å². The van der Waals surface area contributed by atoms with Crippen LogP contribution in [0.1, 0.15) is 42.9 Å². The maximum Gasteiger partial charge on any atom is 0.0208 e. The topological polar surface area (TPSA) is 12.0 Å². The zero-order chi connectivity index (χ0) is 11.5. The minimum Gasteiger partial charge on any atom is -0.312 e. The maximum atomic E-state index is 3.47. The van der Waals surface area contributed by atoms with Gasteiger partial charge in [0.1, 0.15) is 0 Å². The number of rotatable bonds is 2. The summed E-state index contributed by atoms with van der Waals surface area (Å²) in [6.45, 7) is 4.70. The van der Waals surface area contributed by atoms with Crippen LogP contribution in [-0.4, -0.2) is 6.54 Å². The summed E-state index contributed by atoms with van der Waals surface area (Å²) in [5.41, 5.74) is 6.34. The normalized spacial score (nSPS) is 37.9. The molecule has 1 aliphatic heterocycles. The van der Waals surface area contributed by atoms with Crippen molar-refractivity contribution in [3.05, 3.63) is 34.9 Å². The Kier molecular flexibility index (Phi) is 1.87. The summed E-state index contributed by atoms with van der Waals surface area (Å²) in [5, 5.41) is 3.47. The molecule has 3 aliphatic carbocycles. The van der Waals surface area contributed by atoms with E-state index in [-0.39, 0.29) is 0 Å². The van der Waals surface area contributed by atoms with Gasteiger partial charge in [0.25, 0.3) is 0 Å². The fourth-order valence-electron chi connectivity index (χ4n) is 4.93. The first-order valence-corrected chi connectivity index (χ1v) is 6.99. The first-order chi connectivity index (χ1) is 8.18. The number of hydrogen-bond acceptors (Lipinski definition) is 1. The van der Waals surface area contributed by atoms with Crippen molar-refractivity contribution in [2.75, 3.05) is 6.54 Å². The molecule has 1 heterocycles. The summed E-state index contributed by atoms with van der Waals surface area (Å²) in [5.74, 6) is 0. The van der Waals surface area contributed by atoms with Gasteiger partial charge in [-0.15, -0.1) is 0 Å². The van der Waals surface area contributed by atoms with Gasteiger partial charge in [0, 0.05) is 6.54 Å². The zero-order valence-corrected chi connectivity index (χ0v) is 10.7. The van der Waals surface area contributed by atoms with Crippen molar-refractivity contribution in [1.82, 2.24) is 5.32 Å². The van der Waals surface area contributed by atoms with Gasteiger partial charge in [0.15, 0.2) is 0 Å². The van der Waals surface area contributed by atoms with Gasteiger partial charge in [-0.3, -0.25) is 0 Å². The lowest BCUT2D eigenvalue weighted by atomic mass is 9.35. The largest absolute Gasteiger partial charge is 0.312 e. The summed E-state index contributed by atoms with van der Waals surface area (Å²) in [6.07, 6.45) is 7.05. The molecular weight excluding hydrogens is 206 g/mol. The fraction of sp³-hybridized carbons (Fsp3) is 0.625. The molecule has 1 N–H and O–H groups in total. The van der Waals surface area contributed by atoms with E-state index in [0.717, 1.165) is 23.9 Å². The van der Waals surface area contributed by atoms with Crippen molar-refractivity contribution in [2.24, 2.45) is 10.8 Å². The summed E-state index contributed by atoms with van der Waals surface area (Å²) in [7, 11) is 0. The highest BCUT2D eigenvalue weighted by Crippen LogP contribution is 2.74. The second-order valence-corrected chi connectivity index (χ2v) is 7.00. The minimum atomic E-state index is 0.717. The zero-order valence-electron chi connectivity index (χ0n) is 10.7. The Morgan fingerprint density at radius 3 is 2.82 bits per heavy atom. The van der Waals surface area contributed by atoms with E-state index in [0.29, 0.717) is 0 Å². The molecule has 0 saturated heterocycles. The molecule has 0 spiro atoms. The Labute approximate surface area is 104 Å². The van der Waals surface area contributed by atoms with Crippen LogP contribution in [0.4, 0.5) is 0 Å². The molecule has 1 nitrogen and oxygen atoms in total. The Morgan fingerprint density at radius 2 is 2.06 bits per heavy atom. The number of fused-ring (bicyclic) bond motifs is 1. The van der Waals surface area contributed by atoms with Crippen molar-refractivity contribution in [3.8, 4) is 0 Å². The second-order valence-electron chi connectivity index (χ2n) is 7.00. The molecule has 0 radical (unpaired) electrons. The molecule has 3 fully saturated rings. The Morgan fingerprint density at radius 1 is 1.24 bits per heavy atom. The first kappa shape index (κ1) is 10.1. The van der Waals surface area contributed by atoms with Crippen LogP contribution in [0, 0.1) is 10.8 Å². The van der Waals surface area contributed by atoms with Crippen molar-refractivity contribution in [1.29, 1.82) is 0 Å². The van der Waals surface area contributed by atoms with E-state index in [1.165, 1.54) is 32.1 Å². The molecule has 1 aromatic carbocycles. The lowest BCUT2D eigenvalue weighted by Crippen LogP contribution is -2.60. The van der Waals surface area contributed by atoms with Gasteiger partial charge in [-0.05, 0) is 66.2 Å². The van der Waals surface area contributed by atoms with E-state index in [9.17, 15) is 0 Å². The smallest absolute Gasteiger partial charge is 0.0208 e. The SMILES string of the molecule is CC12CC(Cc3cccc4c3CCNC4)(C1)C2. The molecule has 4 aliphatic rings. The Bertz CT molecular complexity index is 455. The highest BCUT2D eigenvalue weighted by Gasteiger charge is 2.64. The van der Waals surface area contributed by atoms with Crippen LogP contribution in [-0.2, 0) is 19.4 Å². The molecule has 17 heavy (non-hydrogen) atoms. The lowest BCUT2D eigenvalue weighted by Gasteiger charge is -2.70. The van der Waals surface area contributed by atoms with Crippen LogP contribution in [0.5, 0.6) is 0 Å². The standard InChI is InChI=1S/C16H21N/c1-15-9-16(10-15,11-15)7-12-3-2-4-13-8-17-6-5-14(12)13/h2-4,17H,5-11H2,1H3. The molecule has 1 heteroatoms. The van der Waals surface area contributed by atoms with Crippen molar-refractivity contribution in [2.45, 2.75) is 45.6 Å². The van der Waals surface area contributed by atoms with Gasteiger partial charge >= 0.3 is 0 Å². The van der Waals surface area contributed by atoms with Crippen molar-refractivity contribution in [3.63, 3.8) is 0 Å². The van der Waals surface area contributed by atoms with Crippen LogP contribution in [0.3, 0.4) is 0 Å². The Balaban J connectivity index is 1.62. The third-order valence-corrected chi connectivity index (χ3v) is 5.21. The van der Waals surface area contributed by atoms with E-state index in [1.54, 1.807) is 16.7 Å². The van der Waals surface area contributed by atoms with E-state index < -0.39 is 0 Å². The van der Waals surface area contributed by atoms with Crippen molar-refractivity contribution >= 4 is 0 Å². The Hall–Kier alpha value is -0.820. The average Bonchev–Trinajstić information content (AvgIpc) is 2.26. The summed E-state index contributed by atoms with van der Waals surface area (Å²) in [4.78, 5) is 0. The summed E-state index contributed by atoms with van der Waals surface area (Å²) in [6, 6.07) is 6.94. The molecule has 1 aromatic rings. The lowest BCUT2D eigenvalue weighted by molar-refractivity contribution is -0.189.